The normalized spacial score (nSPS) is 18.8. The van der Waals surface area contributed by atoms with Crippen LogP contribution >= 0.6 is 11.8 Å². The topological polar surface area (TPSA) is 32.7 Å². The van der Waals surface area contributed by atoms with Gasteiger partial charge in [0, 0.05) is 17.0 Å². The molecular formula is C17H22N2OS. The molecule has 0 fully saturated rings. The van der Waals surface area contributed by atoms with Gasteiger partial charge in [0.05, 0.1) is 6.04 Å². The fourth-order valence-electron chi connectivity index (χ4n) is 2.76. The highest BCUT2D eigenvalue weighted by atomic mass is 32.2. The summed E-state index contributed by atoms with van der Waals surface area (Å²) in [6.07, 6.45) is 3.97. The van der Waals surface area contributed by atoms with Gasteiger partial charge in [-0.3, -0.25) is 14.7 Å². The van der Waals surface area contributed by atoms with Gasteiger partial charge < -0.3 is 0 Å². The number of hydrogen-bond donors (Lipinski definition) is 0. The van der Waals surface area contributed by atoms with E-state index in [2.05, 4.69) is 11.8 Å². The summed E-state index contributed by atoms with van der Waals surface area (Å²) >= 11 is 1.63. The van der Waals surface area contributed by atoms with Crippen molar-refractivity contribution in [2.45, 2.75) is 39.7 Å². The summed E-state index contributed by atoms with van der Waals surface area (Å²) < 4.78 is 0. The lowest BCUT2D eigenvalue weighted by molar-refractivity contribution is -0.113. The molecule has 1 aromatic carbocycles. The fraction of sp³-hybridized carbons (Fsp3) is 0.412. The molecule has 1 aliphatic rings. The third-order valence-corrected chi connectivity index (χ3v) is 4.31. The van der Waals surface area contributed by atoms with E-state index < -0.39 is 0 Å². The van der Waals surface area contributed by atoms with Gasteiger partial charge in [-0.2, -0.15) is 0 Å². The van der Waals surface area contributed by atoms with Crippen LogP contribution < -0.4 is 4.90 Å². The molecule has 0 radical (unpaired) electrons. The predicted molar refractivity (Wildman–Crippen MR) is 91.9 cm³/mol. The van der Waals surface area contributed by atoms with Gasteiger partial charge in [0.1, 0.15) is 0 Å². The SMILES string of the molecule is CCC[C@@H]1N=C(SC)N(c2ccccc2)C(C)=C1C(C)=O. The Bertz CT molecular complexity index is 578. The van der Waals surface area contributed by atoms with Crippen molar-refractivity contribution >= 4 is 28.4 Å². The lowest BCUT2D eigenvalue weighted by atomic mass is 9.96. The van der Waals surface area contributed by atoms with E-state index in [1.165, 1.54) is 0 Å². The zero-order chi connectivity index (χ0) is 15.4. The molecule has 0 saturated carbocycles. The van der Waals surface area contributed by atoms with Crippen LogP contribution in [-0.2, 0) is 4.79 Å². The van der Waals surface area contributed by atoms with E-state index in [0.29, 0.717) is 0 Å². The molecule has 0 spiro atoms. The van der Waals surface area contributed by atoms with Gasteiger partial charge in [-0.05, 0) is 38.7 Å². The average Bonchev–Trinajstić information content (AvgIpc) is 2.47. The van der Waals surface area contributed by atoms with Crippen LogP contribution in [0, 0.1) is 0 Å². The minimum atomic E-state index is -0.00471. The Morgan fingerprint density at radius 1 is 1.33 bits per heavy atom. The molecule has 0 bridgehead atoms. The number of carbonyl (C=O) groups is 1. The predicted octanol–water partition coefficient (Wildman–Crippen LogP) is 4.26. The van der Waals surface area contributed by atoms with Crippen molar-refractivity contribution in [1.29, 1.82) is 0 Å². The minimum absolute atomic E-state index is 0.00471. The minimum Gasteiger partial charge on any atom is -0.295 e. The second-order valence-corrected chi connectivity index (χ2v) is 5.92. The first kappa shape index (κ1) is 15.8. The molecule has 0 amide bonds. The molecule has 1 atom stereocenters. The largest absolute Gasteiger partial charge is 0.295 e. The Labute approximate surface area is 131 Å². The number of aliphatic imine (C=N–C) groups is 1. The monoisotopic (exact) mass is 302 g/mol. The molecule has 4 heteroatoms. The second kappa shape index (κ2) is 6.94. The Balaban J connectivity index is 2.53. The number of para-hydroxylation sites is 1. The van der Waals surface area contributed by atoms with E-state index in [0.717, 1.165) is 35.0 Å². The summed E-state index contributed by atoms with van der Waals surface area (Å²) in [5.41, 5.74) is 2.90. The lowest BCUT2D eigenvalue weighted by Crippen LogP contribution is -2.36. The lowest BCUT2D eigenvalue weighted by Gasteiger charge is -2.34. The van der Waals surface area contributed by atoms with Crippen LogP contribution in [0.5, 0.6) is 0 Å². The Kier molecular flexibility index (Phi) is 5.23. The van der Waals surface area contributed by atoms with Gasteiger partial charge in [0.15, 0.2) is 11.0 Å². The van der Waals surface area contributed by atoms with Crippen molar-refractivity contribution in [3.8, 4) is 0 Å². The number of Topliss-reactive ketones (excluding diaryl/α,β-unsaturated/α-hetero) is 1. The van der Waals surface area contributed by atoms with Crippen molar-refractivity contribution in [1.82, 2.24) is 0 Å². The molecule has 1 aromatic rings. The van der Waals surface area contributed by atoms with E-state index in [4.69, 9.17) is 4.99 Å². The van der Waals surface area contributed by atoms with Gasteiger partial charge in [0.25, 0.3) is 0 Å². The number of amidine groups is 1. The molecule has 0 aromatic heterocycles. The average molecular weight is 302 g/mol. The molecule has 0 unspecified atom stereocenters. The first-order valence-corrected chi connectivity index (χ1v) is 8.51. The number of nitrogens with zero attached hydrogens (tertiary/aromatic N) is 2. The maximum Gasteiger partial charge on any atom is 0.168 e. The quantitative estimate of drug-likeness (QED) is 0.833. The fourth-order valence-corrected chi connectivity index (χ4v) is 3.42. The molecule has 21 heavy (non-hydrogen) atoms. The Morgan fingerprint density at radius 2 is 2.00 bits per heavy atom. The summed E-state index contributed by atoms with van der Waals surface area (Å²) in [7, 11) is 0. The second-order valence-electron chi connectivity index (χ2n) is 5.15. The highest BCUT2D eigenvalue weighted by molar-refractivity contribution is 8.13. The highest BCUT2D eigenvalue weighted by Crippen LogP contribution is 2.32. The van der Waals surface area contributed by atoms with Crippen molar-refractivity contribution in [2.24, 2.45) is 4.99 Å². The van der Waals surface area contributed by atoms with E-state index in [1.54, 1.807) is 18.7 Å². The van der Waals surface area contributed by atoms with Crippen molar-refractivity contribution in [3.63, 3.8) is 0 Å². The smallest absolute Gasteiger partial charge is 0.168 e. The molecule has 1 aliphatic heterocycles. The number of rotatable bonds is 4. The Morgan fingerprint density at radius 3 is 2.52 bits per heavy atom. The number of benzene rings is 1. The van der Waals surface area contributed by atoms with E-state index in [-0.39, 0.29) is 11.8 Å². The number of allylic oxidation sites excluding steroid dienone is 1. The van der Waals surface area contributed by atoms with Gasteiger partial charge >= 0.3 is 0 Å². The number of thioether (sulfide) groups is 1. The molecule has 1 heterocycles. The maximum absolute atomic E-state index is 12.1. The van der Waals surface area contributed by atoms with Crippen molar-refractivity contribution in [3.05, 3.63) is 41.6 Å². The zero-order valence-corrected chi connectivity index (χ0v) is 13.9. The van der Waals surface area contributed by atoms with E-state index in [9.17, 15) is 4.79 Å². The number of anilines is 1. The number of hydrogen-bond acceptors (Lipinski definition) is 4. The summed E-state index contributed by atoms with van der Waals surface area (Å²) in [5, 5.41) is 0.960. The number of carbonyl (C=O) groups excluding carboxylic acids is 1. The highest BCUT2D eigenvalue weighted by Gasteiger charge is 2.30. The van der Waals surface area contributed by atoms with Crippen LogP contribution in [0.1, 0.15) is 33.6 Å². The first-order chi connectivity index (χ1) is 10.1. The van der Waals surface area contributed by atoms with E-state index in [1.807, 2.05) is 43.5 Å². The third-order valence-electron chi connectivity index (χ3n) is 3.65. The van der Waals surface area contributed by atoms with Crippen molar-refractivity contribution < 1.29 is 4.79 Å². The molecule has 112 valence electrons. The molecule has 3 nitrogen and oxygen atoms in total. The molecular weight excluding hydrogens is 280 g/mol. The van der Waals surface area contributed by atoms with Crippen LogP contribution in [0.25, 0.3) is 0 Å². The molecule has 0 aliphatic carbocycles. The summed E-state index contributed by atoms with van der Waals surface area (Å²) in [5.74, 6) is 0.121. The van der Waals surface area contributed by atoms with Gasteiger partial charge in [-0.1, -0.05) is 43.3 Å². The van der Waals surface area contributed by atoms with Gasteiger partial charge in [-0.25, -0.2) is 0 Å². The molecule has 0 saturated heterocycles. The van der Waals surface area contributed by atoms with Crippen LogP contribution in [0.2, 0.25) is 0 Å². The van der Waals surface area contributed by atoms with Crippen LogP contribution in [-0.4, -0.2) is 23.2 Å². The molecule has 0 N–H and O–H groups in total. The number of ketones is 1. The van der Waals surface area contributed by atoms with E-state index >= 15 is 0 Å². The first-order valence-electron chi connectivity index (χ1n) is 7.28. The summed E-state index contributed by atoms with van der Waals surface area (Å²) in [6, 6.07) is 10.1. The Hall–Kier alpha value is -1.55. The summed E-state index contributed by atoms with van der Waals surface area (Å²) in [6.45, 7) is 5.80. The molecule has 2 rings (SSSR count). The van der Waals surface area contributed by atoms with Crippen molar-refractivity contribution in [2.75, 3.05) is 11.2 Å². The van der Waals surface area contributed by atoms with Crippen LogP contribution in [0.15, 0.2) is 46.6 Å². The third kappa shape index (κ3) is 3.21. The standard InChI is InChI=1S/C17H22N2OS/c1-5-9-15-16(13(3)20)12(2)19(17(18-15)21-4)14-10-7-6-8-11-14/h6-8,10-11,15H,5,9H2,1-4H3/t15-/m0/s1. The van der Waals surface area contributed by atoms with Crippen LogP contribution in [0.4, 0.5) is 5.69 Å². The zero-order valence-electron chi connectivity index (χ0n) is 13.1. The van der Waals surface area contributed by atoms with Crippen LogP contribution in [0.3, 0.4) is 0 Å². The van der Waals surface area contributed by atoms with Gasteiger partial charge in [0.2, 0.25) is 0 Å². The summed E-state index contributed by atoms with van der Waals surface area (Å²) in [4.78, 5) is 19.0. The van der Waals surface area contributed by atoms with Gasteiger partial charge in [-0.15, -0.1) is 0 Å². The maximum atomic E-state index is 12.1.